The summed E-state index contributed by atoms with van der Waals surface area (Å²) < 4.78 is 0. The first kappa shape index (κ1) is 11.7. The Hall–Kier alpha value is -2.35. The van der Waals surface area contributed by atoms with Gasteiger partial charge in [0.25, 0.3) is 0 Å². The first-order chi connectivity index (χ1) is 9.33. The SMILES string of the molecule is C=C[C@H]1C(=O)N(c2ccccc2)[C@H]1c1ccccc1. The van der Waals surface area contributed by atoms with E-state index in [0.29, 0.717) is 0 Å². The van der Waals surface area contributed by atoms with Gasteiger partial charge in [-0.05, 0) is 17.7 Å². The van der Waals surface area contributed by atoms with Gasteiger partial charge in [0, 0.05) is 5.69 Å². The van der Waals surface area contributed by atoms with Crippen molar-refractivity contribution in [3.8, 4) is 0 Å². The molecule has 2 aromatic rings. The molecule has 0 aromatic heterocycles. The minimum atomic E-state index is -0.123. The van der Waals surface area contributed by atoms with Crippen LogP contribution in [0.3, 0.4) is 0 Å². The van der Waals surface area contributed by atoms with Gasteiger partial charge in [-0.2, -0.15) is 0 Å². The Morgan fingerprint density at radius 1 is 0.947 bits per heavy atom. The smallest absolute Gasteiger partial charge is 0.236 e. The quantitative estimate of drug-likeness (QED) is 0.601. The zero-order valence-corrected chi connectivity index (χ0v) is 10.6. The molecule has 0 bridgehead atoms. The maximum atomic E-state index is 12.2. The highest BCUT2D eigenvalue weighted by Crippen LogP contribution is 2.43. The van der Waals surface area contributed by atoms with E-state index in [-0.39, 0.29) is 17.9 Å². The molecule has 1 fully saturated rings. The zero-order valence-electron chi connectivity index (χ0n) is 10.6. The summed E-state index contributed by atoms with van der Waals surface area (Å²) >= 11 is 0. The number of hydrogen-bond donors (Lipinski definition) is 0. The second-order valence-electron chi connectivity index (χ2n) is 4.66. The molecule has 0 N–H and O–H groups in total. The lowest BCUT2D eigenvalue weighted by Gasteiger charge is -2.46. The largest absolute Gasteiger partial charge is 0.303 e. The number of amides is 1. The van der Waals surface area contributed by atoms with Crippen LogP contribution in [0, 0.1) is 5.92 Å². The number of rotatable bonds is 3. The molecule has 0 aliphatic carbocycles. The molecule has 3 rings (SSSR count). The molecule has 0 spiro atoms. The molecule has 1 aliphatic rings. The molecule has 0 saturated carbocycles. The lowest BCUT2D eigenvalue weighted by atomic mass is 9.82. The van der Waals surface area contributed by atoms with Crippen molar-refractivity contribution in [2.75, 3.05) is 4.90 Å². The van der Waals surface area contributed by atoms with Crippen LogP contribution in [0.2, 0.25) is 0 Å². The Morgan fingerprint density at radius 3 is 2.11 bits per heavy atom. The third kappa shape index (κ3) is 1.85. The summed E-state index contributed by atoms with van der Waals surface area (Å²) in [6.07, 6.45) is 1.75. The van der Waals surface area contributed by atoms with Gasteiger partial charge in [0.05, 0.1) is 12.0 Å². The number of carbonyl (C=O) groups is 1. The van der Waals surface area contributed by atoms with Crippen molar-refractivity contribution < 1.29 is 4.79 Å². The van der Waals surface area contributed by atoms with Crippen molar-refractivity contribution in [1.82, 2.24) is 0 Å². The second kappa shape index (κ2) is 4.73. The van der Waals surface area contributed by atoms with Crippen LogP contribution in [0.15, 0.2) is 73.3 Å². The molecule has 0 radical (unpaired) electrons. The number of para-hydroxylation sites is 1. The number of hydrogen-bond acceptors (Lipinski definition) is 1. The summed E-state index contributed by atoms with van der Waals surface area (Å²) in [5, 5.41) is 0. The van der Waals surface area contributed by atoms with Gasteiger partial charge in [0.2, 0.25) is 5.91 Å². The number of carbonyl (C=O) groups excluding carboxylic acids is 1. The number of anilines is 1. The van der Waals surface area contributed by atoms with E-state index >= 15 is 0 Å². The van der Waals surface area contributed by atoms with Crippen molar-refractivity contribution in [1.29, 1.82) is 0 Å². The van der Waals surface area contributed by atoms with E-state index in [1.54, 1.807) is 6.08 Å². The summed E-state index contributed by atoms with van der Waals surface area (Å²) in [4.78, 5) is 14.1. The predicted octanol–water partition coefficient (Wildman–Crippen LogP) is 3.58. The zero-order chi connectivity index (χ0) is 13.2. The van der Waals surface area contributed by atoms with Crippen molar-refractivity contribution in [3.63, 3.8) is 0 Å². The Bertz CT molecular complexity index is 591. The minimum Gasteiger partial charge on any atom is -0.303 e. The highest BCUT2D eigenvalue weighted by Gasteiger charge is 2.46. The summed E-state index contributed by atoms with van der Waals surface area (Å²) in [5.74, 6) is -0.00217. The van der Waals surface area contributed by atoms with E-state index in [4.69, 9.17) is 0 Å². The summed E-state index contributed by atoms with van der Waals surface area (Å²) in [5.41, 5.74) is 2.09. The normalized spacial score (nSPS) is 21.9. The van der Waals surface area contributed by atoms with Crippen LogP contribution >= 0.6 is 0 Å². The van der Waals surface area contributed by atoms with Crippen LogP contribution in [-0.4, -0.2) is 5.91 Å². The maximum Gasteiger partial charge on any atom is 0.236 e. The molecule has 94 valence electrons. The highest BCUT2D eigenvalue weighted by molar-refractivity contribution is 6.04. The van der Waals surface area contributed by atoms with Crippen molar-refractivity contribution in [2.45, 2.75) is 6.04 Å². The third-order valence-electron chi connectivity index (χ3n) is 3.57. The minimum absolute atomic E-state index is 0.0635. The summed E-state index contributed by atoms with van der Waals surface area (Å²) in [7, 11) is 0. The third-order valence-corrected chi connectivity index (χ3v) is 3.57. The fourth-order valence-corrected chi connectivity index (χ4v) is 2.62. The number of benzene rings is 2. The van der Waals surface area contributed by atoms with Gasteiger partial charge in [-0.15, -0.1) is 6.58 Å². The van der Waals surface area contributed by atoms with Crippen LogP contribution in [0.5, 0.6) is 0 Å². The van der Waals surface area contributed by atoms with E-state index < -0.39 is 0 Å². The van der Waals surface area contributed by atoms with Crippen LogP contribution in [0.25, 0.3) is 0 Å². The van der Waals surface area contributed by atoms with Gasteiger partial charge >= 0.3 is 0 Å². The Labute approximate surface area is 113 Å². The van der Waals surface area contributed by atoms with Crippen molar-refractivity contribution >= 4 is 11.6 Å². The van der Waals surface area contributed by atoms with Gasteiger partial charge in [0.1, 0.15) is 0 Å². The van der Waals surface area contributed by atoms with Gasteiger partial charge < -0.3 is 4.90 Å². The van der Waals surface area contributed by atoms with E-state index in [1.807, 2.05) is 53.4 Å². The number of nitrogens with zero attached hydrogens (tertiary/aromatic N) is 1. The Kier molecular flexibility index (Phi) is 2.92. The standard InChI is InChI=1S/C17H15NO/c1-2-15-16(13-9-5-3-6-10-13)18(17(15)19)14-11-7-4-8-12-14/h2-12,15-16H,1H2/t15-,16+/m1/s1. The van der Waals surface area contributed by atoms with E-state index in [1.165, 1.54) is 0 Å². The number of β-lactam (4-membered cyclic amide) rings is 1. The fraction of sp³-hybridized carbons (Fsp3) is 0.118. The topological polar surface area (TPSA) is 20.3 Å². The first-order valence-corrected chi connectivity index (χ1v) is 6.38. The second-order valence-corrected chi connectivity index (χ2v) is 4.66. The highest BCUT2D eigenvalue weighted by atomic mass is 16.2. The molecule has 19 heavy (non-hydrogen) atoms. The maximum absolute atomic E-state index is 12.2. The predicted molar refractivity (Wildman–Crippen MR) is 76.8 cm³/mol. The van der Waals surface area contributed by atoms with Gasteiger partial charge in [-0.1, -0.05) is 54.6 Å². The summed E-state index contributed by atoms with van der Waals surface area (Å²) in [6, 6.07) is 20.0. The van der Waals surface area contributed by atoms with Crippen LogP contribution in [-0.2, 0) is 4.79 Å². The van der Waals surface area contributed by atoms with Gasteiger partial charge in [-0.3, -0.25) is 4.79 Å². The molecule has 1 amide bonds. The van der Waals surface area contributed by atoms with Crippen LogP contribution in [0.1, 0.15) is 11.6 Å². The van der Waals surface area contributed by atoms with E-state index in [0.717, 1.165) is 11.3 Å². The molecule has 2 atom stereocenters. The monoisotopic (exact) mass is 249 g/mol. The fourth-order valence-electron chi connectivity index (χ4n) is 2.62. The van der Waals surface area contributed by atoms with Crippen molar-refractivity contribution in [2.24, 2.45) is 5.92 Å². The summed E-state index contributed by atoms with van der Waals surface area (Å²) in [6.45, 7) is 3.79. The van der Waals surface area contributed by atoms with E-state index in [2.05, 4.69) is 18.7 Å². The van der Waals surface area contributed by atoms with Crippen LogP contribution in [0.4, 0.5) is 5.69 Å². The average molecular weight is 249 g/mol. The molecule has 2 aromatic carbocycles. The Balaban J connectivity index is 2.00. The van der Waals surface area contributed by atoms with Gasteiger partial charge in [0.15, 0.2) is 0 Å². The molecule has 2 nitrogen and oxygen atoms in total. The lowest BCUT2D eigenvalue weighted by molar-refractivity contribution is -0.128. The van der Waals surface area contributed by atoms with Gasteiger partial charge in [-0.25, -0.2) is 0 Å². The first-order valence-electron chi connectivity index (χ1n) is 6.38. The molecule has 2 heteroatoms. The molecule has 1 heterocycles. The molecule has 1 saturated heterocycles. The molecule has 0 unspecified atom stereocenters. The molecule has 1 aliphatic heterocycles. The lowest BCUT2D eigenvalue weighted by Crippen LogP contribution is -2.54. The molecular weight excluding hydrogens is 234 g/mol. The van der Waals surface area contributed by atoms with E-state index in [9.17, 15) is 4.79 Å². The van der Waals surface area contributed by atoms with Crippen LogP contribution < -0.4 is 4.90 Å². The van der Waals surface area contributed by atoms with Crippen molar-refractivity contribution in [3.05, 3.63) is 78.9 Å². The Morgan fingerprint density at radius 2 is 1.53 bits per heavy atom. The molecular formula is C17H15NO. The average Bonchev–Trinajstić information content (AvgIpc) is 2.47.